The Kier molecular flexibility index (Phi) is 4.50. The lowest BCUT2D eigenvalue weighted by atomic mass is 10.2. The van der Waals surface area contributed by atoms with Crippen LogP contribution in [-0.2, 0) is 4.79 Å². The molecule has 2 rings (SSSR count). The van der Waals surface area contributed by atoms with E-state index >= 15 is 0 Å². The Hall–Kier alpha value is -1.46. The van der Waals surface area contributed by atoms with Crippen molar-refractivity contribution >= 4 is 44.9 Å². The second-order valence-corrected chi connectivity index (χ2v) is 5.78. The van der Waals surface area contributed by atoms with Crippen molar-refractivity contribution in [2.75, 3.05) is 5.32 Å². The minimum Gasteiger partial charge on any atom is -0.320 e. The summed E-state index contributed by atoms with van der Waals surface area (Å²) in [4.78, 5) is 12.7. The Morgan fingerprint density at radius 1 is 1.42 bits per heavy atom. The molecule has 0 aliphatic heterocycles. The number of rotatable bonds is 3. The van der Waals surface area contributed by atoms with Crippen LogP contribution in [-0.4, -0.2) is 5.91 Å². The van der Waals surface area contributed by atoms with Crippen LogP contribution in [0.1, 0.15) is 10.4 Å². The van der Waals surface area contributed by atoms with Gasteiger partial charge in [0.05, 0.1) is 5.69 Å². The highest BCUT2D eigenvalue weighted by molar-refractivity contribution is 9.10. The average molecular weight is 340 g/mol. The lowest BCUT2D eigenvalue weighted by Gasteiger charge is -2.03. The Balaban J connectivity index is 2.05. The molecule has 2 aromatic rings. The van der Waals surface area contributed by atoms with Gasteiger partial charge in [-0.1, -0.05) is 15.9 Å². The molecule has 0 aliphatic carbocycles. The fourth-order valence-electron chi connectivity index (χ4n) is 1.47. The van der Waals surface area contributed by atoms with E-state index < -0.39 is 5.82 Å². The number of halogens is 2. The summed E-state index contributed by atoms with van der Waals surface area (Å²) in [7, 11) is 0. The molecule has 0 fully saturated rings. The Morgan fingerprint density at radius 3 is 2.84 bits per heavy atom. The lowest BCUT2D eigenvalue weighted by molar-refractivity contribution is -0.111. The summed E-state index contributed by atoms with van der Waals surface area (Å²) in [6.45, 7) is 1.97. The van der Waals surface area contributed by atoms with E-state index in [0.717, 1.165) is 10.4 Å². The van der Waals surface area contributed by atoms with Crippen molar-refractivity contribution in [2.45, 2.75) is 6.92 Å². The number of amides is 1. The zero-order valence-electron chi connectivity index (χ0n) is 10.1. The highest BCUT2D eigenvalue weighted by atomic mass is 79.9. The van der Waals surface area contributed by atoms with Gasteiger partial charge < -0.3 is 5.32 Å². The Labute approximate surface area is 123 Å². The molecule has 98 valence electrons. The minimum absolute atomic E-state index is 0.167. The summed E-state index contributed by atoms with van der Waals surface area (Å²) in [6, 6.07) is 6.48. The van der Waals surface area contributed by atoms with Gasteiger partial charge in [-0.05, 0) is 48.2 Å². The molecule has 1 aromatic carbocycles. The molecule has 19 heavy (non-hydrogen) atoms. The predicted octanol–water partition coefficient (Wildman–Crippen LogP) is 4.61. The third-order valence-electron chi connectivity index (χ3n) is 2.48. The van der Waals surface area contributed by atoms with Gasteiger partial charge in [0.25, 0.3) is 0 Å². The van der Waals surface area contributed by atoms with E-state index in [1.54, 1.807) is 23.5 Å². The smallest absolute Gasteiger partial charge is 0.248 e. The fourth-order valence-corrected chi connectivity index (χ4v) is 2.62. The van der Waals surface area contributed by atoms with Gasteiger partial charge in [-0.3, -0.25) is 4.79 Å². The first-order chi connectivity index (χ1) is 9.06. The molecule has 0 saturated carbocycles. The normalized spacial score (nSPS) is 10.9. The molecule has 1 aromatic heterocycles. The maximum Gasteiger partial charge on any atom is 0.248 e. The molecule has 5 heteroatoms. The SMILES string of the molecule is Cc1ccsc1/C=C/C(=O)Nc1ccc(Br)cc1F. The summed E-state index contributed by atoms with van der Waals surface area (Å²) in [6.07, 6.45) is 3.13. The molecule has 0 aliphatic rings. The van der Waals surface area contributed by atoms with Crippen LogP contribution < -0.4 is 5.32 Å². The number of anilines is 1. The van der Waals surface area contributed by atoms with Crippen molar-refractivity contribution in [3.63, 3.8) is 0 Å². The molecule has 1 heterocycles. The Morgan fingerprint density at radius 2 is 2.21 bits per heavy atom. The van der Waals surface area contributed by atoms with Crippen molar-refractivity contribution < 1.29 is 9.18 Å². The van der Waals surface area contributed by atoms with E-state index in [2.05, 4.69) is 21.2 Å². The number of nitrogens with one attached hydrogen (secondary N) is 1. The quantitative estimate of drug-likeness (QED) is 0.813. The van der Waals surface area contributed by atoms with Crippen LogP contribution in [0.3, 0.4) is 0 Å². The second-order valence-electron chi connectivity index (χ2n) is 3.91. The predicted molar refractivity (Wildman–Crippen MR) is 80.8 cm³/mol. The van der Waals surface area contributed by atoms with Gasteiger partial charge in [-0.15, -0.1) is 11.3 Å². The van der Waals surface area contributed by atoms with Gasteiger partial charge in [0.15, 0.2) is 0 Å². The van der Waals surface area contributed by atoms with Crippen molar-refractivity contribution in [1.82, 2.24) is 0 Å². The van der Waals surface area contributed by atoms with Gasteiger partial charge in [-0.25, -0.2) is 4.39 Å². The third-order valence-corrected chi connectivity index (χ3v) is 3.95. The number of carbonyl (C=O) groups is 1. The average Bonchev–Trinajstić information content (AvgIpc) is 2.76. The number of hydrogen-bond acceptors (Lipinski definition) is 2. The highest BCUT2D eigenvalue weighted by Gasteiger charge is 2.05. The number of thiophene rings is 1. The number of carbonyl (C=O) groups excluding carboxylic acids is 1. The molecule has 0 saturated heterocycles. The van der Waals surface area contributed by atoms with Gasteiger partial charge in [0.1, 0.15) is 5.82 Å². The highest BCUT2D eigenvalue weighted by Crippen LogP contribution is 2.20. The van der Waals surface area contributed by atoms with Gasteiger partial charge in [-0.2, -0.15) is 0 Å². The van der Waals surface area contributed by atoms with Gasteiger partial charge >= 0.3 is 0 Å². The van der Waals surface area contributed by atoms with Crippen molar-refractivity contribution in [2.24, 2.45) is 0 Å². The van der Waals surface area contributed by atoms with Gasteiger partial charge in [0.2, 0.25) is 5.91 Å². The second kappa shape index (κ2) is 6.12. The largest absolute Gasteiger partial charge is 0.320 e. The zero-order chi connectivity index (χ0) is 13.8. The number of aryl methyl sites for hydroxylation is 1. The summed E-state index contributed by atoms with van der Waals surface area (Å²) < 4.78 is 14.2. The molecular formula is C14H11BrFNOS. The summed E-state index contributed by atoms with van der Waals surface area (Å²) in [5.41, 5.74) is 1.28. The fraction of sp³-hybridized carbons (Fsp3) is 0.0714. The molecule has 0 spiro atoms. The van der Waals surface area contributed by atoms with Crippen LogP contribution in [0.5, 0.6) is 0 Å². The topological polar surface area (TPSA) is 29.1 Å². The monoisotopic (exact) mass is 339 g/mol. The van der Waals surface area contributed by atoms with Crippen LogP contribution in [0, 0.1) is 12.7 Å². The number of benzene rings is 1. The van der Waals surface area contributed by atoms with E-state index in [0.29, 0.717) is 4.47 Å². The van der Waals surface area contributed by atoms with E-state index in [4.69, 9.17) is 0 Å². The standard InChI is InChI=1S/C14H11BrFNOS/c1-9-6-7-19-13(9)4-5-14(18)17-12-3-2-10(15)8-11(12)16/h2-8H,1H3,(H,17,18)/b5-4+. The molecule has 0 atom stereocenters. The van der Waals surface area contributed by atoms with Crippen molar-refractivity contribution in [3.05, 3.63) is 56.5 Å². The first-order valence-electron chi connectivity index (χ1n) is 5.54. The van der Waals surface area contributed by atoms with Gasteiger partial charge in [0, 0.05) is 15.4 Å². The molecule has 2 nitrogen and oxygen atoms in total. The molecule has 0 unspecified atom stereocenters. The molecule has 1 N–H and O–H groups in total. The molecule has 0 bridgehead atoms. The summed E-state index contributed by atoms with van der Waals surface area (Å²) in [5.74, 6) is -0.822. The van der Waals surface area contributed by atoms with Crippen LogP contribution in [0.4, 0.5) is 10.1 Å². The van der Waals surface area contributed by atoms with Crippen molar-refractivity contribution in [1.29, 1.82) is 0 Å². The van der Waals surface area contributed by atoms with E-state index in [1.807, 2.05) is 18.4 Å². The maximum atomic E-state index is 13.5. The summed E-state index contributed by atoms with van der Waals surface area (Å²) >= 11 is 4.72. The number of hydrogen-bond donors (Lipinski definition) is 1. The zero-order valence-corrected chi connectivity index (χ0v) is 12.5. The first kappa shape index (κ1) is 14.0. The van der Waals surface area contributed by atoms with Crippen molar-refractivity contribution in [3.8, 4) is 0 Å². The molecule has 1 amide bonds. The third kappa shape index (κ3) is 3.75. The summed E-state index contributed by atoms with van der Waals surface area (Å²) in [5, 5.41) is 4.46. The molecular weight excluding hydrogens is 329 g/mol. The Bertz CT molecular complexity index is 636. The first-order valence-corrected chi connectivity index (χ1v) is 7.22. The van der Waals surface area contributed by atoms with E-state index in [1.165, 1.54) is 18.2 Å². The van der Waals surface area contributed by atoms with Crippen LogP contribution >= 0.6 is 27.3 Å². The van der Waals surface area contributed by atoms with Crippen LogP contribution in [0.25, 0.3) is 6.08 Å². The van der Waals surface area contributed by atoms with Crippen LogP contribution in [0.2, 0.25) is 0 Å². The van der Waals surface area contributed by atoms with Crippen LogP contribution in [0.15, 0.2) is 40.2 Å². The molecule has 0 radical (unpaired) electrons. The minimum atomic E-state index is -0.469. The lowest BCUT2D eigenvalue weighted by Crippen LogP contribution is -2.09. The van der Waals surface area contributed by atoms with E-state index in [-0.39, 0.29) is 11.6 Å². The van der Waals surface area contributed by atoms with E-state index in [9.17, 15) is 9.18 Å². The maximum absolute atomic E-state index is 13.5.